The molecule has 0 aliphatic carbocycles. The lowest BCUT2D eigenvalue weighted by molar-refractivity contribution is -0.136. The molecule has 0 unspecified atom stereocenters. The van der Waals surface area contributed by atoms with Crippen molar-refractivity contribution in [2.24, 2.45) is 0 Å². The molecule has 1 saturated heterocycles. The molecule has 1 fully saturated rings. The van der Waals surface area contributed by atoms with Crippen LogP contribution >= 0.6 is 0 Å². The Morgan fingerprint density at radius 1 is 0.903 bits per heavy atom. The SMILES string of the molecule is CCc1ccc(NC(=O)C(=O)NC[C@H](c2cccc3ccccc23)N2CCCC2)cc1. The number of carbonyl (C=O) groups excluding carboxylic acids is 2. The summed E-state index contributed by atoms with van der Waals surface area (Å²) in [5.74, 6) is -1.24. The third kappa shape index (κ3) is 4.94. The summed E-state index contributed by atoms with van der Waals surface area (Å²) in [7, 11) is 0. The van der Waals surface area contributed by atoms with E-state index in [0.717, 1.165) is 32.4 Å². The van der Waals surface area contributed by atoms with Crippen LogP contribution in [0, 0.1) is 0 Å². The fraction of sp³-hybridized carbons (Fsp3) is 0.308. The van der Waals surface area contributed by atoms with Gasteiger partial charge in [-0.25, -0.2) is 0 Å². The number of anilines is 1. The lowest BCUT2D eigenvalue weighted by Crippen LogP contribution is -2.41. The zero-order valence-corrected chi connectivity index (χ0v) is 17.9. The summed E-state index contributed by atoms with van der Waals surface area (Å²) in [4.78, 5) is 27.4. The van der Waals surface area contributed by atoms with Gasteiger partial charge in [-0.15, -0.1) is 0 Å². The van der Waals surface area contributed by atoms with Crippen molar-refractivity contribution in [2.75, 3.05) is 25.0 Å². The molecule has 1 aliphatic rings. The van der Waals surface area contributed by atoms with Gasteiger partial charge in [-0.1, -0.05) is 61.5 Å². The summed E-state index contributed by atoms with van der Waals surface area (Å²) in [6.07, 6.45) is 3.24. The second kappa shape index (κ2) is 9.75. The van der Waals surface area contributed by atoms with Crippen LogP contribution in [0.3, 0.4) is 0 Å². The average Bonchev–Trinajstić information content (AvgIpc) is 3.34. The summed E-state index contributed by atoms with van der Waals surface area (Å²) >= 11 is 0. The molecule has 31 heavy (non-hydrogen) atoms. The summed E-state index contributed by atoms with van der Waals surface area (Å²) in [6, 6.07) is 22.2. The molecule has 0 aromatic heterocycles. The summed E-state index contributed by atoms with van der Waals surface area (Å²) < 4.78 is 0. The molecule has 0 radical (unpaired) electrons. The van der Waals surface area contributed by atoms with Crippen LogP contribution in [-0.4, -0.2) is 36.3 Å². The molecule has 3 aromatic carbocycles. The number of benzene rings is 3. The monoisotopic (exact) mass is 415 g/mol. The molecule has 0 saturated carbocycles. The van der Waals surface area contributed by atoms with E-state index < -0.39 is 11.8 Å². The van der Waals surface area contributed by atoms with Gasteiger partial charge < -0.3 is 10.6 Å². The molecule has 2 N–H and O–H groups in total. The number of fused-ring (bicyclic) bond motifs is 1. The van der Waals surface area contributed by atoms with E-state index in [1.54, 1.807) is 0 Å². The van der Waals surface area contributed by atoms with E-state index in [9.17, 15) is 9.59 Å². The van der Waals surface area contributed by atoms with E-state index in [0.29, 0.717) is 12.2 Å². The van der Waals surface area contributed by atoms with Gasteiger partial charge in [0.05, 0.1) is 6.04 Å². The first-order valence-electron chi connectivity index (χ1n) is 11.1. The Morgan fingerprint density at radius 3 is 2.35 bits per heavy atom. The van der Waals surface area contributed by atoms with Gasteiger partial charge in [-0.2, -0.15) is 0 Å². The first-order valence-corrected chi connectivity index (χ1v) is 11.1. The van der Waals surface area contributed by atoms with Crippen LogP contribution in [0.2, 0.25) is 0 Å². The molecule has 1 atom stereocenters. The highest BCUT2D eigenvalue weighted by molar-refractivity contribution is 6.39. The molecule has 5 heteroatoms. The molecule has 0 spiro atoms. The topological polar surface area (TPSA) is 61.4 Å². The van der Waals surface area contributed by atoms with E-state index in [1.165, 1.54) is 21.9 Å². The van der Waals surface area contributed by atoms with Crippen molar-refractivity contribution in [1.29, 1.82) is 0 Å². The Balaban J connectivity index is 1.47. The van der Waals surface area contributed by atoms with Gasteiger partial charge in [-0.3, -0.25) is 14.5 Å². The summed E-state index contributed by atoms with van der Waals surface area (Å²) in [5, 5.41) is 7.94. The smallest absolute Gasteiger partial charge is 0.313 e. The minimum atomic E-state index is -0.637. The molecule has 160 valence electrons. The second-order valence-electron chi connectivity index (χ2n) is 8.04. The van der Waals surface area contributed by atoms with Crippen molar-refractivity contribution in [1.82, 2.24) is 10.2 Å². The van der Waals surface area contributed by atoms with E-state index in [2.05, 4.69) is 52.8 Å². The molecule has 4 rings (SSSR count). The summed E-state index contributed by atoms with van der Waals surface area (Å²) in [6.45, 7) is 4.47. The van der Waals surface area contributed by atoms with Crippen LogP contribution < -0.4 is 10.6 Å². The Labute approximate surface area is 183 Å². The highest BCUT2D eigenvalue weighted by atomic mass is 16.2. The van der Waals surface area contributed by atoms with E-state index in [-0.39, 0.29) is 6.04 Å². The minimum absolute atomic E-state index is 0.0363. The predicted molar refractivity (Wildman–Crippen MR) is 125 cm³/mol. The van der Waals surface area contributed by atoms with Crippen LogP contribution in [0.1, 0.15) is 36.9 Å². The molecule has 5 nitrogen and oxygen atoms in total. The molecular formula is C26H29N3O2. The lowest BCUT2D eigenvalue weighted by Gasteiger charge is -2.29. The van der Waals surface area contributed by atoms with Gasteiger partial charge in [0.25, 0.3) is 0 Å². The quantitative estimate of drug-likeness (QED) is 0.590. The largest absolute Gasteiger partial charge is 0.346 e. The van der Waals surface area contributed by atoms with E-state index in [1.807, 2.05) is 36.4 Å². The zero-order chi connectivity index (χ0) is 21.6. The van der Waals surface area contributed by atoms with Crippen molar-refractivity contribution >= 4 is 28.3 Å². The van der Waals surface area contributed by atoms with Crippen LogP contribution in [0.25, 0.3) is 10.8 Å². The molecule has 3 aromatic rings. The van der Waals surface area contributed by atoms with Gasteiger partial charge in [0.2, 0.25) is 0 Å². The standard InChI is InChI=1S/C26H29N3O2/c1-2-19-12-14-21(15-13-19)28-26(31)25(30)27-18-24(29-16-5-6-17-29)23-11-7-9-20-8-3-4-10-22(20)23/h3-4,7-15,24H,2,5-6,16-18H2,1H3,(H,27,30)(H,28,31)/t24-/m1/s1. The van der Waals surface area contributed by atoms with Crippen molar-refractivity contribution in [2.45, 2.75) is 32.2 Å². The maximum Gasteiger partial charge on any atom is 0.313 e. The lowest BCUT2D eigenvalue weighted by atomic mass is 9.97. The minimum Gasteiger partial charge on any atom is -0.346 e. The highest BCUT2D eigenvalue weighted by Gasteiger charge is 2.26. The first-order chi connectivity index (χ1) is 15.2. The molecule has 1 heterocycles. The maximum atomic E-state index is 12.5. The molecule has 1 aliphatic heterocycles. The predicted octanol–water partition coefficient (Wildman–Crippen LogP) is 4.29. The second-order valence-corrected chi connectivity index (χ2v) is 8.04. The van der Waals surface area contributed by atoms with Gasteiger partial charge in [0.15, 0.2) is 0 Å². The van der Waals surface area contributed by atoms with Crippen LogP contribution in [0.5, 0.6) is 0 Å². The van der Waals surface area contributed by atoms with Crippen molar-refractivity contribution < 1.29 is 9.59 Å². The normalized spacial score (nSPS) is 15.0. The Morgan fingerprint density at radius 2 is 1.61 bits per heavy atom. The Kier molecular flexibility index (Phi) is 6.63. The van der Waals surface area contributed by atoms with Crippen LogP contribution in [-0.2, 0) is 16.0 Å². The number of aryl methyl sites for hydroxylation is 1. The Bertz CT molecular complexity index is 1050. The number of amides is 2. The molecular weight excluding hydrogens is 386 g/mol. The number of carbonyl (C=O) groups is 2. The fourth-order valence-electron chi connectivity index (χ4n) is 4.31. The van der Waals surface area contributed by atoms with Gasteiger partial charge in [0, 0.05) is 12.2 Å². The van der Waals surface area contributed by atoms with E-state index >= 15 is 0 Å². The summed E-state index contributed by atoms with van der Waals surface area (Å²) in [5.41, 5.74) is 3.00. The van der Waals surface area contributed by atoms with E-state index in [4.69, 9.17) is 0 Å². The highest BCUT2D eigenvalue weighted by Crippen LogP contribution is 2.30. The first kappa shape index (κ1) is 21.1. The zero-order valence-electron chi connectivity index (χ0n) is 17.9. The third-order valence-corrected chi connectivity index (χ3v) is 6.05. The van der Waals surface area contributed by atoms with Crippen molar-refractivity contribution in [3.63, 3.8) is 0 Å². The number of likely N-dealkylation sites (tertiary alicyclic amines) is 1. The van der Waals surface area contributed by atoms with Gasteiger partial charge in [0.1, 0.15) is 0 Å². The molecule has 0 bridgehead atoms. The fourth-order valence-corrected chi connectivity index (χ4v) is 4.31. The van der Waals surface area contributed by atoms with Crippen LogP contribution in [0.4, 0.5) is 5.69 Å². The van der Waals surface area contributed by atoms with Crippen molar-refractivity contribution in [3.05, 3.63) is 77.9 Å². The maximum absolute atomic E-state index is 12.5. The van der Waals surface area contributed by atoms with Crippen LogP contribution in [0.15, 0.2) is 66.7 Å². The van der Waals surface area contributed by atoms with Gasteiger partial charge >= 0.3 is 11.8 Å². The number of hydrogen-bond acceptors (Lipinski definition) is 3. The third-order valence-electron chi connectivity index (χ3n) is 6.05. The number of rotatable bonds is 6. The number of hydrogen-bond donors (Lipinski definition) is 2. The number of nitrogens with zero attached hydrogens (tertiary/aromatic N) is 1. The number of nitrogens with one attached hydrogen (secondary N) is 2. The van der Waals surface area contributed by atoms with Crippen molar-refractivity contribution in [3.8, 4) is 0 Å². The molecule has 2 amide bonds. The Hall–Kier alpha value is -3.18. The average molecular weight is 416 g/mol. The van der Waals surface area contributed by atoms with Gasteiger partial charge in [-0.05, 0) is 66.4 Å².